The number of ketones is 1. The highest BCUT2D eigenvalue weighted by Crippen LogP contribution is 2.29. The van der Waals surface area contributed by atoms with Gasteiger partial charge in [-0.1, -0.05) is 38.1 Å². The van der Waals surface area contributed by atoms with Gasteiger partial charge in [0.25, 0.3) is 0 Å². The highest BCUT2D eigenvalue weighted by atomic mass is 16.1. The Labute approximate surface area is 116 Å². The summed E-state index contributed by atoms with van der Waals surface area (Å²) < 4.78 is 0. The molecule has 0 radical (unpaired) electrons. The number of aryl methyl sites for hydroxylation is 1. The average Bonchev–Trinajstić information content (AvgIpc) is 2.38. The Hall–Kier alpha value is -1.15. The number of nitrogens with zero attached hydrogens (tertiary/aromatic N) is 1. The van der Waals surface area contributed by atoms with E-state index in [-0.39, 0.29) is 5.78 Å². The minimum Gasteiger partial charge on any atom is -0.303 e. The van der Waals surface area contributed by atoms with Crippen molar-refractivity contribution < 1.29 is 4.79 Å². The summed E-state index contributed by atoms with van der Waals surface area (Å²) in [5, 5.41) is 0. The van der Waals surface area contributed by atoms with Crippen LogP contribution in [-0.4, -0.2) is 30.3 Å². The van der Waals surface area contributed by atoms with Gasteiger partial charge in [-0.15, -0.1) is 0 Å². The zero-order chi connectivity index (χ0) is 13.9. The van der Waals surface area contributed by atoms with E-state index < -0.39 is 0 Å². The van der Waals surface area contributed by atoms with Crippen molar-refractivity contribution in [1.82, 2.24) is 4.90 Å². The van der Waals surface area contributed by atoms with Crippen molar-refractivity contribution in [2.75, 3.05) is 19.6 Å². The van der Waals surface area contributed by atoms with E-state index in [2.05, 4.69) is 18.7 Å². The molecule has 1 aliphatic heterocycles. The molecule has 0 N–H and O–H groups in total. The van der Waals surface area contributed by atoms with Crippen LogP contribution < -0.4 is 0 Å². The second-order valence-corrected chi connectivity index (χ2v) is 6.49. The van der Waals surface area contributed by atoms with Crippen LogP contribution in [0.4, 0.5) is 0 Å². The summed E-state index contributed by atoms with van der Waals surface area (Å²) in [7, 11) is 0. The quantitative estimate of drug-likeness (QED) is 0.769. The van der Waals surface area contributed by atoms with E-state index in [9.17, 15) is 4.79 Å². The molecule has 104 valence electrons. The molecule has 19 heavy (non-hydrogen) atoms. The smallest absolute Gasteiger partial charge is 0.164 e. The van der Waals surface area contributed by atoms with Crippen LogP contribution in [-0.2, 0) is 0 Å². The van der Waals surface area contributed by atoms with Crippen molar-refractivity contribution in [2.45, 2.75) is 40.0 Å². The molecule has 1 saturated heterocycles. The molecule has 1 aromatic carbocycles. The van der Waals surface area contributed by atoms with Crippen LogP contribution in [0.5, 0.6) is 0 Å². The molecule has 0 amide bonds. The number of piperidine rings is 1. The Morgan fingerprint density at radius 2 is 1.84 bits per heavy atom. The van der Waals surface area contributed by atoms with E-state index in [0.29, 0.717) is 11.8 Å². The molecule has 0 aromatic heterocycles. The van der Waals surface area contributed by atoms with Crippen molar-refractivity contribution in [2.24, 2.45) is 5.41 Å². The molecule has 2 nitrogen and oxygen atoms in total. The SMILES string of the molecule is Cc1ccccc1C(=O)CCN1CCC(C)(C)CC1. The van der Waals surface area contributed by atoms with E-state index in [0.717, 1.165) is 30.8 Å². The van der Waals surface area contributed by atoms with Crippen LogP contribution >= 0.6 is 0 Å². The van der Waals surface area contributed by atoms with Crippen LogP contribution in [0.3, 0.4) is 0 Å². The van der Waals surface area contributed by atoms with Gasteiger partial charge in [-0.05, 0) is 43.8 Å². The van der Waals surface area contributed by atoms with Gasteiger partial charge in [0.2, 0.25) is 0 Å². The van der Waals surface area contributed by atoms with Crippen molar-refractivity contribution >= 4 is 5.78 Å². The minimum absolute atomic E-state index is 0.280. The first kappa shape index (κ1) is 14.3. The van der Waals surface area contributed by atoms with Gasteiger partial charge < -0.3 is 4.90 Å². The van der Waals surface area contributed by atoms with Crippen LogP contribution in [0.15, 0.2) is 24.3 Å². The molecule has 0 atom stereocenters. The molecule has 0 aliphatic carbocycles. The first-order chi connectivity index (χ1) is 8.98. The van der Waals surface area contributed by atoms with E-state index in [1.165, 1.54) is 12.8 Å². The first-order valence-electron chi connectivity index (χ1n) is 7.29. The molecule has 1 aliphatic rings. The van der Waals surface area contributed by atoms with Gasteiger partial charge in [0, 0.05) is 18.5 Å². The summed E-state index contributed by atoms with van der Waals surface area (Å²) in [6, 6.07) is 7.89. The number of rotatable bonds is 4. The molecular formula is C17H25NO. The summed E-state index contributed by atoms with van der Waals surface area (Å²) >= 11 is 0. The topological polar surface area (TPSA) is 20.3 Å². The average molecular weight is 259 g/mol. The zero-order valence-corrected chi connectivity index (χ0v) is 12.4. The third-order valence-corrected chi connectivity index (χ3v) is 4.31. The lowest BCUT2D eigenvalue weighted by atomic mass is 9.82. The molecule has 1 heterocycles. The number of carbonyl (C=O) groups excluding carboxylic acids is 1. The van der Waals surface area contributed by atoms with Crippen molar-refractivity contribution in [3.8, 4) is 0 Å². The lowest BCUT2D eigenvalue weighted by Gasteiger charge is -2.36. The standard InChI is InChI=1S/C17H25NO/c1-14-6-4-5-7-15(14)16(19)8-11-18-12-9-17(2,3)10-13-18/h4-7H,8-13H2,1-3H3. The molecule has 1 fully saturated rings. The monoisotopic (exact) mass is 259 g/mol. The lowest BCUT2D eigenvalue weighted by Crippen LogP contribution is -2.38. The Kier molecular flexibility index (Phi) is 4.41. The first-order valence-corrected chi connectivity index (χ1v) is 7.29. The van der Waals surface area contributed by atoms with Gasteiger partial charge in [0.1, 0.15) is 0 Å². The molecule has 0 saturated carbocycles. The van der Waals surface area contributed by atoms with E-state index >= 15 is 0 Å². The van der Waals surface area contributed by atoms with Gasteiger partial charge in [-0.25, -0.2) is 0 Å². The van der Waals surface area contributed by atoms with Gasteiger partial charge >= 0.3 is 0 Å². The maximum atomic E-state index is 12.2. The Balaban J connectivity index is 1.83. The zero-order valence-electron chi connectivity index (χ0n) is 12.4. The van der Waals surface area contributed by atoms with Crippen LogP contribution in [0.2, 0.25) is 0 Å². The van der Waals surface area contributed by atoms with Gasteiger partial charge in [-0.2, -0.15) is 0 Å². The maximum Gasteiger partial charge on any atom is 0.164 e. The molecular weight excluding hydrogens is 234 g/mol. The number of carbonyl (C=O) groups is 1. The fraction of sp³-hybridized carbons (Fsp3) is 0.588. The van der Waals surface area contributed by atoms with E-state index in [4.69, 9.17) is 0 Å². The highest BCUT2D eigenvalue weighted by Gasteiger charge is 2.25. The van der Waals surface area contributed by atoms with Gasteiger partial charge in [-0.3, -0.25) is 4.79 Å². The number of likely N-dealkylation sites (tertiary alicyclic amines) is 1. The summed E-state index contributed by atoms with van der Waals surface area (Å²) in [6.45, 7) is 9.85. The molecule has 0 spiro atoms. The number of Topliss-reactive ketones (excluding diaryl/α,β-unsaturated/α-hetero) is 1. The minimum atomic E-state index is 0.280. The van der Waals surface area contributed by atoms with Crippen molar-refractivity contribution in [3.63, 3.8) is 0 Å². The summed E-state index contributed by atoms with van der Waals surface area (Å²) in [6.07, 6.45) is 3.13. The molecule has 0 bridgehead atoms. The van der Waals surface area contributed by atoms with Gasteiger partial charge in [0.05, 0.1) is 0 Å². The van der Waals surface area contributed by atoms with E-state index in [1.807, 2.05) is 31.2 Å². The molecule has 0 unspecified atom stereocenters. The van der Waals surface area contributed by atoms with Crippen LogP contribution in [0.25, 0.3) is 0 Å². The molecule has 2 rings (SSSR count). The Morgan fingerprint density at radius 3 is 2.47 bits per heavy atom. The summed E-state index contributed by atoms with van der Waals surface area (Å²) in [4.78, 5) is 14.6. The molecule has 2 heteroatoms. The number of hydrogen-bond donors (Lipinski definition) is 0. The Bertz CT molecular complexity index is 440. The number of benzene rings is 1. The van der Waals surface area contributed by atoms with Crippen LogP contribution in [0.1, 0.15) is 49.0 Å². The van der Waals surface area contributed by atoms with Gasteiger partial charge in [0.15, 0.2) is 5.78 Å². The third kappa shape index (κ3) is 3.90. The predicted molar refractivity (Wildman–Crippen MR) is 79.6 cm³/mol. The van der Waals surface area contributed by atoms with E-state index in [1.54, 1.807) is 0 Å². The Morgan fingerprint density at radius 1 is 1.21 bits per heavy atom. The highest BCUT2D eigenvalue weighted by molar-refractivity contribution is 5.97. The predicted octanol–water partition coefficient (Wildman–Crippen LogP) is 3.69. The lowest BCUT2D eigenvalue weighted by molar-refractivity contribution is 0.0926. The normalized spacial score (nSPS) is 19.3. The fourth-order valence-corrected chi connectivity index (χ4v) is 2.66. The number of hydrogen-bond acceptors (Lipinski definition) is 2. The second-order valence-electron chi connectivity index (χ2n) is 6.49. The second kappa shape index (κ2) is 5.87. The fourth-order valence-electron chi connectivity index (χ4n) is 2.66. The maximum absolute atomic E-state index is 12.2. The third-order valence-electron chi connectivity index (χ3n) is 4.31. The van der Waals surface area contributed by atoms with Crippen molar-refractivity contribution in [3.05, 3.63) is 35.4 Å². The largest absolute Gasteiger partial charge is 0.303 e. The van der Waals surface area contributed by atoms with Crippen molar-refractivity contribution in [1.29, 1.82) is 0 Å². The molecule has 1 aromatic rings. The van der Waals surface area contributed by atoms with Crippen LogP contribution in [0, 0.1) is 12.3 Å². The summed E-state index contributed by atoms with van der Waals surface area (Å²) in [5.41, 5.74) is 2.46. The summed E-state index contributed by atoms with van der Waals surface area (Å²) in [5.74, 6) is 0.280.